The monoisotopic (exact) mass is 342 g/mol. The molecular weight excluding hydrogens is 316 g/mol. The van der Waals surface area contributed by atoms with E-state index in [4.69, 9.17) is 4.74 Å². The highest BCUT2D eigenvalue weighted by Gasteiger charge is 2.03. The van der Waals surface area contributed by atoms with Gasteiger partial charge in [0.15, 0.2) is 0 Å². The molecule has 0 radical (unpaired) electrons. The quantitative estimate of drug-likeness (QED) is 0.645. The third kappa shape index (κ3) is 6.37. The highest BCUT2D eigenvalue weighted by Crippen LogP contribution is 2.22. The van der Waals surface area contributed by atoms with Crippen molar-refractivity contribution in [1.82, 2.24) is 10.6 Å². The molecule has 0 fully saturated rings. The Bertz CT molecular complexity index is 681. The van der Waals surface area contributed by atoms with Gasteiger partial charge in [-0.3, -0.25) is 0 Å². The lowest BCUT2D eigenvalue weighted by Crippen LogP contribution is -2.37. The molecule has 0 aliphatic rings. The first-order valence-corrected chi connectivity index (χ1v) is 8.55. The molecule has 0 aromatic heterocycles. The van der Waals surface area contributed by atoms with Gasteiger partial charge in [-0.25, -0.2) is 4.79 Å². The number of ether oxygens (including phenoxy) is 1. The molecule has 0 aliphatic carbocycles. The Morgan fingerprint density at radius 2 is 1.72 bits per heavy atom. The van der Waals surface area contributed by atoms with Gasteiger partial charge in [0.25, 0.3) is 0 Å². The molecule has 2 rings (SSSR count). The van der Waals surface area contributed by atoms with E-state index < -0.39 is 0 Å². The van der Waals surface area contributed by atoms with Crippen molar-refractivity contribution in [2.75, 3.05) is 19.7 Å². The van der Waals surface area contributed by atoms with Crippen LogP contribution in [-0.4, -0.2) is 30.8 Å². The van der Waals surface area contributed by atoms with Crippen LogP contribution in [0.5, 0.6) is 11.5 Å². The maximum Gasteiger partial charge on any atom is 0.314 e. The predicted octanol–water partition coefficient (Wildman–Crippen LogP) is 3.32. The Kier molecular flexibility index (Phi) is 7.14. The number of para-hydroxylation sites is 1. The zero-order chi connectivity index (χ0) is 18.1. The summed E-state index contributed by atoms with van der Waals surface area (Å²) in [6.07, 6.45) is 1.42. The number of phenols is 1. The van der Waals surface area contributed by atoms with Crippen LogP contribution in [0.3, 0.4) is 0 Å². The average Bonchev–Trinajstić information content (AvgIpc) is 2.57. The van der Waals surface area contributed by atoms with Crippen molar-refractivity contribution in [3.05, 3.63) is 59.2 Å². The Morgan fingerprint density at radius 1 is 1.04 bits per heavy atom. The third-order valence-corrected chi connectivity index (χ3v) is 3.87. The normalized spacial score (nSPS) is 10.3. The summed E-state index contributed by atoms with van der Waals surface area (Å²) in [6, 6.07) is 12.9. The van der Waals surface area contributed by atoms with Crippen LogP contribution in [0.2, 0.25) is 0 Å². The van der Waals surface area contributed by atoms with E-state index in [1.165, 1.54) is 0 Å². The molecule has 0 heterocycles. The summed E-state index contributed by atoms with van der Waals surface area (Å²) in [7, 11) is 0. The molecule has 5 nitrogen and oxygen atoms in total. The van der Waals surface area contributed by atoms with Crippen LogP contribution in [0.15, 0.2) is 42.5 Å². The van der Waals surface area contributed by atoms with Gasteiger partial charge in [-0.05, 0) is 55.5 Å². The molecule has 0 spiro atoms. The number of urea groups is 1. The van der Waals surface area contributed by atoms with Crippen LogP contribution in [0.1, 0.15) is 23.1 Å². The first-order valence-electron chi connectivity index (χ1n) is 8.55. The van der Waals surface area contributed by atoms with Crippen molar-refractivity contribution in [1.29, 1.82) is 0 Å². The van der Waals surface area contributed by atoms with Gasteiger partial charge >= 0.3 is 6.03 Å². The summed E-state index contributed by atoms with van der Waals surface area (Å²) in [4.78, 5) is 11.7. The lowest BCUT2D eigenvalue weighted by atomic mass is 10.1. The van der Waals surface area contributed by atoms with Gasteiger partial charge in [0, 0.05) is 13.1 Å². The summed E-state index contributed by atoms with van der Waals surface area (Å²) in [6.45, 7) is 5.70. The van der Waals surface area contributed by atoms with E-state index in [2.05, 4.69) is 10.6 Å². The molecule has 0 bridgehead atoms. The zero-order valence-corrected chi connectivity index (χ0v) is 14.8. The third-order valence-electron chi connectivity index (χ3n) is 3.87. The molecule has 2 aromatic rings. The fourth-order valence-corrected chi connectivity index (χ4v) is 2.57. The van der Waals surface area contributed by atoms with Crippen molar-refractivity contribution < 1.29 is 14.6 Å². The second-order valence-electron chi connectivity index (χ2n) is 6.03. The molecule has 2 aromatic carbocycles. The van der Waals surface area contributed by atoms with Gasteiger partial charge in [-0.1, -0.05) is 30.3 Å². The fourth-order valence-electron chi connectivity index (χ4n) is 2.57. The van der Waals surface area contributed by atoms with Crippen molar-refractivity contribution >= 4 is 6.03 Å². The Balaban J connectivity index is 1.58. The number of nitrogens with one attached hydrogen (secondary N) is 2. The second-order valence-corrected chi connectivity index (χ2v) is 6.03. The molecule has 0 aliphatic heterocycles. The summed E-state index contributed by atoms with van der Waals surface area (Å²) in [5.41, 5.74) is 3.23. The number of benzene rings is 2. The van der Waals surface area contributed by atoms with E-state index in [1.54, 1.807) is 18.2 Å². The molecule has 134 valence electrons. The fraction of sp³-hybridized carbons (Fsp3) is 0.350. The number of carbonyl (C=O) groups is 1. The molecule has 0 saturated heterocycles. The van der Waals surface area contributed by atoms with E-state index in [9.17, 15) is 9.90 Å². The smallest absolute Gasteiger partial charge is 0.314 e. The summed E-state index contributed by atoms with van der Waals surface area (Å²) < 4.78 is 5.80. The number of phenolic OH excluding ortho intramolecular Hbond substituents is 1. The summed E-state index contributed by atoms with van der Waals surface area (Å²) in [5.74, 6) is 1.17. The minimum absolute atomic E-state index is 0.188. The maximum absolute atomic E-state index is 11.7. The maximum atomic E-state index is 11.7. The first kappa shape index (κ1) is 18.6. The van der Waals surface area contributed by atoms with Gasteiger partial charge < -0.3 is 20.5 Å². The van der Waals surface area contributed by atoms with Crippen LogP contribution >= 0.6 is 0 Å². The Hall–Kier alpha value is -2.69. The topological polar surface area (TPSA) is 70.6 Å². The van der Waals surface area contributed by atoms with Crippen molar-refractivity contribution in [2.45, 2.75) is 26.7 Å². The lowest BCUT2D eigenvalue weighted by molar-refractivity contribution is 0.239. The van der Waals surface area contributed by atoms with E-state index in [1.807, 2.05) is 38.1 Å². The number of carbonyl (C=O) groups excluding carboxylic acids is 1. The summed E-state index contributed by atoms with van der Waals surface area (Å²) >= 11 is 0. The highest BCUT2D eigenvalue weighted by molar-refractivity contribution is 5.73. The van der Waals surface area contributed by atoms with Crippen LogP contribution in [0.4, 0.5) is 4.79 Å². The van der Waals surface area contributed by atoms with Gasteiger partial charge in [0.1, 0.15) is 11.5 Å². The van der Waals surface area contributed by atoms with Crippen LogP contribution in [-0.2, 0) is 6.42 Å². The first-order chi connectivity index (χ1) is 12.1. The minimum atomic E-state index is -0.188. The largest absolute Gasteiger partial charge is 0.508 e. The number of aryl methyl sites for hydroxylation is 2. The summed E-state index contributed by atoms with van der Waals surface area (Å²) in [5, 5.41) is 15.0. The van der Waals surface area contributed by atoms with E-state index in [0.29, 0.717) is 26.1 Å². The molecule has 0 saturated carbocycles. The van der Waals surface area contributed by atoms with Gasteiger partial charge in [0.2, 0.25) is 0 Å². The van der Waals surface area contributed by atoms with Gasteiger partial charge in [-0.2, -0.15) is 0 Å². The Morgan fingerprint density at radius 3 is 2.44 bits per heavy atom. The molecule has 0 unspecified atom stereocenters. The number of hydrogen-bond acceptors (Lipinski definition) is 3. The van der Waals surface area contributed by atoms with Gasteiger partial charge in [0.05, 0.1) is 6.61 Å². The highest BCUT2D eigenvalue weighted by atomic mass is 16.5. The number of hydrogen-bond donors (Lipinski definition) is 3. The lowest BCUT2D eigenvalue weighted by Gasteiger charge is -2.12. The molecule has 25 heavy (non-hydrogen) atoms. The Labute approximate surface area is 149 Å². The molecule has 2 amide bonds. The number of aromatic hydroxyl groups is 1. The van der Waals surface area contributed by atoms with Crippen LogP contribution in [0, 0.1) is 13.8 Å². The van der Waals surface area contributed by atoms with E-state index in [0.717, 1.165) is 28.9 Å². The van der Waals surface area contributed by atoms with Gasteiger partial charge in [-0.15, -0.1) is 0 Å². The molecule has 3 N–H and O–H groups in total. The van der Waals surface area contributed by atoms with E-state index in [-0.39, 0.29) is 11.8 Å². The minimum Gasteiger partial charge on any atom is -0.508 e. The van der Waals surface area contributed by atoms with Crippen LogP contribution in [0.25, 0.3) is 0 Å². The standard InChI is InChI=1S/C20H26N2O3/c1-15-6-3-7-16(2)19(15)25-13-5-11-21-20(24)22-12-10-17-8-4-9-18(23)14-17/h3-4,6-9,14,23H,5,10-13H2,1-2H3,(H2,21,22,24). The van der Waals surface area contributed by atoms with E-state index >= 15 is 0 Å². The second kappa shape index (κ2) is 9.57. The molecular formula is C20H26N2O3. The zero-order valence-electron chi connectivity index (χ0n) is 14.8. The van der Waals surface area contributed by atoms with Crippen molar-refractivity contribution in [3.8, 4) is 11.5 Å². The average molecular weight is 342 g/mol. The predicted molar refractivity (Wildman–Crippen MR) is 99.2 cm³/mol. The number of rotatable bonds is 8. The SMILES string of the molecule is Cc1cccc(C)c1OCCCNC(=O)NCCc1cccc(O)c1. The van der Waals surface area contributed by atoms with Crippen molar-refractivity contribution in [2.24, 2.45) is 0 Å². The molecule has 0 atom stereocenters. The van der Waals surface area contributed by atoms with Crippen molar-refractivity contribution in [3.63, 3.8) is 0 Å². The van der Waals surface area contributed by atoms with Crippen LogP contribution < -0.4 is 15.4 Å². The molecule has 5 heteroatoms. The number of amides is 2.